The first-order valence-electron chi connectivity index (χ1n) is 4.64. The fourth-order valence-electron chi connectivity index (χ4n) is 1.14. The Morgan fingerprint density at radius 2 is 1.81 bits per heavy atom. The maximum atomic E-state index is 10.7. The molecule has 1 aromatic carbocycles. The number of hydrogen-bond donors (Lipinski definition) is 4. The molecule has 0 spiro atoms. The fourth-order valence-corrected chi connectivity index (χ4v) is 1.14. The summed E-state index contributed by atoms with van der Waals surface area (Å²) in [6.45, 7) is 1.30. The lowest BCUT2D eigenvalue weighted by molar-refractivity contribution is -0.132. The lowest BCUT2D eigenvalue weighted by atomic mass is 9.82. The first-order valence-corrected chi connectivity index (χ1v) is 4.64. The summed E-state index contributed by atoms with van der Waals surface area (Å²) in [7, 11) is -1.85. The van der Waals surface area contributed by atoms with Crippen LogP contribution in [0.3, 0.4) is 0 Å². The van der Waals surface area contributed by atoms with Crippen LogP contribution in [0.5, 0.6) is 0 Å². The van der Waals surface area contributed by atoms with Crippen molar-refractivity contribution in [2.75, 3.05) is 5.32 Å². The zero-order chi connectivity index (χ0) is 12.1. The van der Waals surface area contributed by atoms with Crippen molar-refractivity contribution in [2.24, 2.45) is 0 Å². The molecule has 4 N–H and O–H groups in total. The van der Waals surface area contributed by atoms with Crippen LogP contribution in [-0.2, 0) is 4.79 Å². The van der Waals surface area contributed by atoms with Gasteiger partial charge in [-0.25, -0.2) is 4.79 Å². The average molecular weight is 221 g/mol. The third kappa shape index (κ3) is 3.11. The molecule has 84 valence electrons. The quantitative estimate of drug-likeness (QED) is 0.438. The van der Waals surface area contributed by atoms with Crippen molar-refractivity contribution < 1.29 is 19.9 Å². The maximum absolute atomic E-state index is 10.7. The monoisotopic (exact) mass is 221 g/mol. The number of para-hydroxylation sites is 1. The predicted octanol–water partition coefficient (Wildman–Crippen LogP) is 0.469. The zero-order valence-electron chi connectivity index (χ0n) is 8.71. The molecule has 0 unspecified atom stereocenters. The molecule has 1 aromatic rings. The highest BCUT2D eigenvalue weighted by molar-refractivity contribution is 6.52. The van der Waals surface area contributed by atoms with Crippen LogP contribution in [0.2, 0.25) is 0 Å². The molecule has 0 saturated carbocycles. The summed E-state index contributed by atoms with van der Waals surface area (Å²) in [4.78, 5) is 10.7. The van der Waals surface area contributed by atoms with Gasteiger partial charge >= 0.3 is 13.1 Å². The molecule has 0 aliphatic heterocycles. The highest BCUT2D eigenvalue weighted by Crippen LogP contribution is 2.13. The number of hydrogen-bond acceptors (Lipinski definition) is 4. The number of aliphatic carboxylic acids is 1. The van der Waals surface area contributed by atoms with Gasteiger partial charge in [-0.1, -0.05) is 18.2 Å². The highest BCUT2D eigenvalue weighted by atomic mass is 16.4. The molecule has 0 atom stereocenters. The van der Waals surface area contributed by atoms with Gasteiger partial charge < -0.3 is 20.5 Å². The van der Waals surface area contributed by atoms with Crippen LogP contribution in [0.1, 0.15) is 6.92 Å². The van der Waals surface area contributed by atoms with Gasteiger partial charge in [0.25, 0.3) is 0 Å². The summed E-state index contributed by atoms with van der Waals surface area (Å²) in [6, 6.07) is 8.68. The molecule has 6 heteroatoms. The van der Waals surface area contributed by atoms with E-state index in [9.17, 15) is 4.79 Å². The first-order chi connectivity index (χ1) is 7.52. The Balaban J connectivity index is 2.98. The Morgan fingerprint density at radius 3 is 2.25 bits per heavy atom. The van der Waals surface area contributed by atoms with Gasteiger partial charge in [-0.05, 0) is 19.1 Å². The topological polar surface area (TPSA) is 89.8 Å². The number of anilines is 1. The number of carboxylic acids is 1. The second-order valence-electron chi connectivity index (χ2n) is 3.21. The Hall–Kier alpha value is -1.79. The minimum absolute atomic E-state index is 0.140. The van der Waals surface area contributed by atoms with E-state index in [0.717, 1.165) is 0 Å². The number of nitrogens with one attached hydrogen (secondary N) is 1. The fraction of sp³-hybridized carbons (Fsp3) is 0.100. The molecule has 0 fully saturated rings. The molecule has 0 aliphatic rings. The largest absolute Gasteiger partial charge is 0.506 e. The van der Waals surface area contributed by atoms with E-state index in [1.165, 1.54) is 6.92 Å². The molecule has 0 aliphatic carbocycles. The predicted molar refractivity (Wildman–Crippen MR) is 60.6 cm³/mol. The second kappa shape index (κ2) is 5.34. The molecule has 0 aromatic heterocycles. The summed E-state index contributed by atoms with van der Waals surface area (Å²) in [5.74, 6) is -1.20. The molecule has 0 bridgehead atoms. The normalized spacial score (nSPS) is 11.7. The Bertz CT molecular complexity index is 403. The number of rotatable bonds is 4. The van der Waals surface area contributed by atoms with E-state index >= 15 is 0 Å². The van der Waals surface area contributed by atoms with Crippen molar-refractivity contribution in [1.29, 1.82) is 0 Å². The van der Waals surface area contributed by atoms with E-state index in [0.29, 0.717) is 5.69 Å². The van der Waals surface area contributed by atoms with Crippen LogP contribution in [0.4, 0.5) is 5.69 Å². The minimum Gasteiger partial charge on any atom is -0.478 e. The minimum atomic E-state index is -1.85. The van der Waals surface area contributed by atoms with E-state index in [2.05, 4.69) is 5.32 Å². The first kappa shape index (κ1) is 12.3. The van der Waals surface area contributed by atoms with Gasteiger partial charge in [0.15, 0.2) is 0 Å². The van der Waals surface area contributed by atoms with E-state index in [4.69, 9.17) is 15.2 Å². The van der Waals surface area contributed by atoms with Gasteiger partial charge in [-0.2, -0.15) is 0 Å². The van der Waals surface area contributed by atoms with Crippen LogP contribution in [-0.4, -0.2) is 28.2 Å². The molecule has 5 nitrogen and oxygen atoms in total. The van der Waals surface area contributed by atoms with Gasteiger partial charge in [0.05, 0.1) is 5.60 Å². The van der Waals surface area contributed by atoms with Crippen molar-refractivity contribution >= 4 is 18.8 Å². The van der Waals surface area contributed by atoms with Crippen LogP contribution in [0.15, 0.2) is 41.5 Å². The third-order valence-electron chi connectivity index (χ3n) is 2.04. The smallest absolute Gasteiger partial charge is 0.478 e. The van der Waals surface area contributed by atoms with E-state index in [1.54, 1.807) is 30.3 Å². The summed E-state index contributed by atoms with van der Waals surface area (Å²) in [5.41, 5.74) is 0.309. The van der Waals surface area contributed by atoms with Gasteiger partial charge in [0.2, 0.25) is 0 Å². The maximum Gasteiger partial charge on any atom is 0.506 e. The van der Waals surface area contributed by atoms with Crippen LogP contribution >= 0.6 is 0 Å². The van der Waals surface area contributed by atoms with E-state index < -0.39 is 13.1 Å². The van der Waals surface area contributed by atoms with Crippen molar-refractivity contribution in [3.05, 3.63) is 41.5 Å². The summed E-state index contributed by atoms with van der Waals surface area (Å²) < 4.78 is 0. The molecular formula is C10H12BNO4. The van der Waals surface area contributed by atoms with Gasteiger partial charge in [-0.15, -0.1) is 0 Å². The number of benzene rings is 1. The van der Waals surface area contributed by atoms with Crippen molar-refractivity contribution in [3.63, 3.8) is 0 Å². The van der Waals surface area contributed by atoms with Gasteiger partial charge in [0.1, 0.15) is 0 Å². The van der Waals surface area contributed by atoms with Gasteiger partial charge in [-0.3, -0.25) is 0 Å². The van der Waals surface area contributed by atoms with Gasteiger partial charge in [0, 0.05) is 11.3 Å². The van der Waals surface area contributed by atoms with E-state index in [-0.39, 0.29) is 11.2 Å². The molecule has 1 rings (SSSR count). The Morgan fingerprint density at radius 1 is 1.25 bits per heavy atom. The number of carboxylic acid groups (broad SMARTS) is 1. The zero-order valence-corrected chi connectivity index (χ0v) is 8.71. The SMILES string of the molecule is CC(C(=O)O)=C(Nc1ccccc1)B(O)O. The van der Waals surface area contributed by atoms with Crippen molar-refractivity contribution in [1.82, 2.24) is 0 Å². The average Bonchev–Trinajstić information content (AvgIpc) is 2.26. The van der Waals surface area contributed by atoms with E-state index in [1.807, 2.05) is 0 Å². The van der Waals surface area contributed by atoms with Crippen LogP contribution in [0.25, 0.3) is 0 Å². The van der Waals surface area contributed by atoms with Crippen molar-refractivity contribution in [3.8, 4) is 0 Å². The third-order valence-corrected chi connectivity index (χ3v) is 2.04. The lowest BCUT2D eigenvalue weighted by Gasteiger charge is -2.11. The molecule has 0 radical (unpaired) electrons. The molecular weight excluding hydrogens is 209 g/mol. The highest BCUT2D eigenvalue weighted by Gasteiger charge is 2.21. The van der Waals surface area contributed by atoms with Crippen LogP contribution < -0.4 is 5.32 Å². The Kier molecular flexibility index (Phi) is 4.10. The Labute approximate surface area is 93.2 Å². The van der Waals surface area contributed by atoms with Crippen molar-refractivity contribution in [2.45, 2.75) is 6.92 Å². The lowest BCUT2D eigenvalue weighted by Crippen LogP contribution is -2.25. The summed E-state index contributed by atoms with van der Waals surface area (Å²) >= 11 is 0. The summed E-state index contributed by atoms with van der Waals surface area (Å²) in [5, 5.41) is 29.5. The second-order valence-corrected chi connectivity index (χ2v) is 3.21. The molecule has 0 amide bonds. The molecule has 0 heterocycles. The standard InChI is InChI=1S/C10H12BNO4/c1-7(10(13)14)9(11(15)16)12-8-5-3-2-4-6-8/h2-6,12,15-16H,1H3,(H,13,14). The summed E-state index contributed by atoms with van der Waals surface area (Å²) in [6.07, 6.45) is 0. The number of carbonyl (C=O) groups is 1. The van der Waals surface area contributed by atoms with Crippen LogP contribution in [0, 0.1) is 0 Å². The molecule has 16 heavy (non-hydrogen) atoms. The molecule has 0 saturated heterocycles.